The third kappa shape index (κ3) is 10.5. The second-order valence-corrected chi connectivity index (χ2v) is 11.3. The van der Waals surface area contributed by atoms with Gasteiger partial charge in [0.25, 0.3) is 0 Å². The first-order valence-electron chi connectivity index (χ1n) is 15.7. The van der Waals surface area contributed by atoms with Crippen molar-refractivity contribution < 1.29 is 37.6 Å². The van der Waals surface area contributed by atoms with Crippen molar-refractivity contribution in [2.45, 2.75) is 6.42 Å². The molecule has 0 unspecified atom stereocenters. The average Bonchev–Trinajstić information content (AvgIpc) is 3.19. The maximum absolute atomic E-state index is 14.3. The summed E-state index contributed by atoms with van der Waals surface area (Å²) < 4.78 is 47.2. The van der Waals surface area contributed by atoms with Crippen LogP contribution in [0.1, 0.15) is 11.3 Å². The summed E-state index contributed by atoms with van der Waals surface area (Å²) in [5.41, 5.74) is 7.94. The third-order valence-corrected chi connectivity index (χ3v) is 7.74. The zero-order valence-corrected chi connectivity index (χ0v) is 30.4. The van der Waals surface area contributed by atoms with E-state index in [4.69, 9.17) is 31.5 Å². The fourth-order valence-electron chi connectivity index (χ4n) is 4.92. The number of benzene rings is 4. The van der Waals surface area contributed by atoms with Gasteiger partial charge in [-0.3, -0.25) is 20.2 Å². The number of ether oxygens (including phenoxy) is 4. The first-order valence-corrected chi connectivity index (χ1v) is 16.1. The quantitative estimate of drug-likeness (QED) is 0.0609. The van der Waals surface area contributed by atoms with Crippen molar-refractivity contribution in [3.8, 4) is 45.5 Å². The molecular weight excluding hydrogens is 744 g/mol. The van der Waals surface area contributed by atoms with Gasteiger partial charge in [0.1, 0.15) is 40.9 Å². The van der Waals surface area contributed by atoms with Crippen LogP contribution in [-0.2, 0) is 6.42 Å². The first kappa shape index (κ1) is 40.8. The highest BCUT2D eigenvalue weighted by atomic mass is 35.5. The highest BCUT2D eigenvalue weighted by Crippen LogP contribution is 2.33. The Bertz CT molecular complexity index is 2300. The predicted molar refractivity (Wildman–Crippen MR) is 199 cm³/mol. The van der Waals surface area contributed by atoms with E-state index in [-0.39, 0.29) is 40.5 Å². The Hall–Kier alpha value is -7.01. The van der Waals surface area contributed by atoms with Crippen LogP contribution in [0, 0.1) is 31.9 Å². The number of hydrogen-bond acceptors (Lipinski definition) is 13. The summed E-state index contributed by atoms with van der Waals surface area (Å²) >= 11 is 5.80. The van der Waals surface area contributed by atoms with Gasteiger partial charge >= 0.3 is 11.4 Å². The molecule has 55 heavy (non-hydrogen) atoms. The lowest BCUT2D eigenvalue weighted by molar-refractivity contribution is -0.385. The van der Waals surface area contributed by atoms with E-state index < -0.39 is 21.5 Å². The molecule has 0 aliphatic carbocycles. The number of methoxy groups -OCH3 is 4. The fourth-order valence-corrected chi connectivity index (χ4v) is 5.07. The van der Waals surface area contributed by atoms with Crippen LogP contribution in [0.3, 0.4) is 0 Å². The molecule has 18 heteroatoms. The Labute approximate surface area is 317 Å². The minimum Gasteiger partial charge on any atom is -0.496 e. The zero-order chi connectivity index (χ0) is 40.1. The van der Waals surface area contributed by atoms with Gasteiger partial charge in [-0.05, 0) is 30.3 Å². The molecule has 6 aromatic rings. The number of nitro benzene ring substituents is 2. The maximum atomic E-state index is 14.3. The van der Waals surface area contributed by atoms with Crippen molar-refractivity contribution in [3.63, 3.8) is 0 Å². The van der Waals surface area contributed by atoms with Crippen LogP contribution >= 0.6 is 11.6 Å². The van der Waals surface area contributed by atoms with Gasteiger partial charge in [0.2, 0.25) is 0 Å². The normalized spacial score (nSPS) is 10.2. The number of nitrogens with two attached hydrogens (primary N) is 1. The summed E-state index contributed by atoms with van der Waals surface area (Å²) in [5.74, 6) is -0.187. The molecule has 0 amide bonds. The van der Waals surface area contributed by atoms with E-state index in [9.17, 15) is 29.0 Å². The maximum Gasteiger partial charge on any atom is 0.313 e. The molecule has 2 N–H and O–H groups in total. The SMILES string of the molecule is COc1cc(F)c(N)cc1[N+](=O)[O-].COc1ccccc1-c1cc(Cc2cc([N+](=O)[O-])c(OC)cc2F)ncn1.COc1ccccc1-c1cc(Cl)ncn1. The number of nitrogen functional groups attached to an aromatic ring is 1. The Morgan fingerprint density at radius 3 is 1.62 bits per heavy atom. The number of anilines is 1. The van der Waals surface area contributed by atoms with Crippen LogP contribution in [-0.4, -0.2) is 58.2 Å². The Kier molecular flexibility index (Phi) is 14.2. The van der Waals surface area contributed by atoms with Gasteiger partial charge in [-0.1, -0.05) is 35.9 Å². The molecule has 0 spiro atoms. The van der Waals surface area contributed by atoms with Crippen molar-refractivity contribution in [2.75, 3.05) is 34.2 Å². The molecule has 15 nitrogen and oxygen atoms in total. The van der Waals surface area contributed by atoms with E-state index in [1.807, 2.05) is 48.5 Å². The monoisotopic (exact) mass is 775 g/mol. The average molecular weight is 776 g/mol. The van der Waals surface area contributed by atoms with E-state index in [0.29, 0.717) is 22.3 Å². The van der Waals surface area contributed by atoms with Crippen LogP contribution in [0.2, 0.25) is 5.15 Å². The minimum atomic E-state index is -0.734. The lowest BCUT2D eigenvalue weighted by atomic mass is 10.0. The smallest absolute Gasteiger partial charge is 0.313 e. The first-order chi connectivity index (χ1) is 26.4. The van der Waals surface area contributed by atoms with Gasteiger partial charge in [0.05, 0.1) is 55.4 Å². The van der Waals surface area contributed by atoms with E-state index in [1.54, 1.807) is 26.4 Å². The zero-order valence-electron chi connectivity index (χ0n) is 29.6. The van der Waals surface area contributed by atoms with E-state index in [0.717, 1.165) is 40.8 Å². The molecule has 0 radical (unpaired) electrons. The number of nitro groups is 2. The van der Waals surface area contributed by atoms with Crippen LogP contribution < -0.4 is 24.7 Å². The molecule has 284 valence electrons. The van der Waals surface area contributed by atoms with Crippen molar-refractivity contribution in [1.82, 2.24) is 19.9 Å². The molecule has 2 aromatic heterocycles. The summed E-state index contributed by atoms with van der Waals surface area (Å²) in [6, 6.07) is 22.4. The standard InChI is InChI=1S/C19H16FN3O4.C11H9ClN2O.C7H7FN2O3/c1-26-18-6-4-3-5-14(18)16-9-13(21-11-22-16)7-12-8-17(23(24)25)19(27-2)10-15(12)20;1-15-10-5-3-2-4-8(10)9-6-11(12)14-7-13-9;1-13-7-2-4(8)5(9)3-6(7)10(11)12/h3-6,8-11H,7H2,1-2H3;2-7H,1H3;2-3H,9H2,1H3. The number of aromatic nitrogens is 4. The summed E-state index contributed by atoms with van der Waals surface area (Å²) in [6.07, 6.45) is 2.87. The van der Waals surface area contributed by atoms with E-state index in [2.05, 4.69) is 24.7 Å². The topological polar surface area (TPSA) is 201 Å². The lowest BCUT2D eigenvalue weighted by Gasteiger charge is -2.09. The Morgan fingerprint density at radius 2 is 1.11 bits per heavy atom. The van der Waals surface area contributed by atoms with E-state index in [1.165, 1.54) is 32.9 Å². The van der Waals surface area contributed by atoms with E-state index >= 15 is 0 Å². The molecule has 0 bridgehead atoms. The summed E-state index contributed by atoms with van der Waals surface area (Å²) in [6.45, 7) is 0. The molecule has 4 aromatic carbocycles. The molecule has 0 aliphatic heterocycles. The van der Waals surface area contributed by atoms with Gasteiger partial charge in [-0.2, -0.15) is 0 Å². The van der Waals surface area contributed by atoms with Crippen molar-refractivity contribution in [3.05, 3.63) is 146 Å². The molecular formula is C37H32ClF2N7O8. The minimum absolute atomic E-state index is 0.0708. The Morgan fingerprint density at radius 1 is 0.636 bits per heavy atom. The molecule has 0 saturated carbocycles. The summed E-state index contributed by atoms with van der Waals surface area (Å²) in [4.78, 5) is 36.6. The Balaban J connectivity index is 0.000000202. The molecule has 0 atom stereocenters. The van der Waals surface area contributed by atoms with Gasteiger partial charge in [0.15, 0.2) is 11.5 Å². The van der Waals surface area contributed by atoms with Crippen molar-refractivity contribution in [2.24, 2.45) is 0 Å². The molecule has 6 rings (SSSR count). The number of para-hydroxylation sites is 2. The summed E-state index contributed by atoms with van der Waals surface area (Å²) in [5, 5.41) is 22.0. The number of halogens is 3. The van der Waals surface area contributed by atoms with Crippen LogP contribution in [0.5, 0.6) is 23.0 Å². The number of nitrogens with zero attached hydrogens (tertiary/aromatic N) is 6. The van der Waals surface area contributed by atoms with Gasteiger partial charge in [0, 0.05) is 59.1 Å². The highest BCUT2D eigenvalue weighted by molar-refractivity contribution is 6.29. The molecule has 0 saturated heterocycles. The van der Waals surface area contributed by atoms with Gasteiger partial charge in [-0.15, -0.1) is 0 Å². The molecule has 0 aliphatic rings. The lowest BCUT2D eigenvalue weighted by Crippen LogP contribution is -2.01. The second kappa shape index (κ2) is 19.2. The van der Waals surface area contributed by atoms with Gasteiger partial charge < -0.3 is 24.7 Å². The fraction of sp³-hybridized carbons (Fsp3) is 0.135. The molecule has 0 fully saturated rings. The molecule has 2 heterocycles. The van der Waals surface area contributed by atoms with Crippen molar-refractivity contribution in [1.29, 1.82) is 0 Å². The number of rotatable bonds is 10. The largest absolute Gasteiger partial charge is 0.496 e. The summed E-state index contributed by atoms with van der Waals surface area (Å²) in [7, 11) is 5.66. The predicted octanol–water partition coefficient (Wildman–Crippen LogP) is 7.93. The van der Waals surface area contributed by atoms with Crippen LogP contribution in [0.4, 0.5) is 25.8 Å². The van der Waals surface area contributed by atoms with Crippen LogP contribution in [0.15, 0.2) is 97.6 Å². The van der Waals surface area contributed by atoms with Crippen LogP contribution in [0.25, 0.3) is 22.5 Å². The van der Waals surface area contributed by atoms with Gasteiger partial charge in [-0.25, -0.2) is 28.7 Å². The van der Waals surface area contributed by atoms with Crippen molar-refractivity contribution >= 4 is 28.7 Å². The number of hydrogen-bond donors (Lipinski definition) is 1. The third-order valence-electron chi connectivity index (χ3n) is 7.53. The highest BCUT2D eigenvalue weighted by Gasteiger charge is 2.20. The second-order valence-electron chi connectivity index (χ2n) is 10.9.